The van der Waals surface area contributed by atoms with Crippen LogP contribution in [0.3, 0.4) is 0 Å². The Labute approximate surface area is 410 Å². The molecule has 2 aliphatic rings. The van der Waals surface area contributed by atoms with E-state index in [1.54, 1.807) is 0 Å². The third kappa shape index (κ3) is 5.55. The SMILES string of the molecule is c1ccc(-c2cccc(N(c3ccc(-c4cccc5c4sc4ccccc45)cc3)c3cccc(-c4ccc5c(c4)C4(c6ccccc6-5)c5ccccc5-n5c6ccccc6c6cccc4c65)c3)c2)cc1. The highest BCUT2D eigenvalue weighted by atomic mass is 32.1. The molecule has 0 bridgehead atoms. The van der Waals surface area contributed by atoms with E-state index in [9.17, 15) is 0 Å². The maximum Gasteiger partial charge on any atom is 0.0754 e. The molecule has 3 heterocycles. The topological polar surface area (TPSA) is 8.17 Å². The predicted octanol–water partition coefficient (Wildman–Crippen LogP) is 18.3. The van der Waals surface area contributed by atoms with Gasteiger partial charge in [0.2, 0.25) is 0 Å². The molecule has 1 atom stereocenters. The van der Waals surface area contributed by atoms with Gasteiger partial charge in [-0.05, 0) is 127 Å². The van der Waals surface area contributed by atoms with E-state index in [1.165, 1.54) is 114 Å². The van der Waals surface area contributed by atoms with Gasteiger partial charge in [0, 0.05) is 48.0 Å². The van der Waals surface area contributed by atoms with Crippen LogP contribution in [0.4, 0.5) is 17.1 Å². The van der Waals surface area contributed by atoms with Crippen molar-refractivity contribution in [2.75, 3.05) is 4.90 Å². The number of thiophene rings is 1. The maximum absolute atomic E-state index is 2.52. The molecule has 326 valence electrons. The highest BCUT2D eigenvalue weighted by Gasteiger charge is 2.50. The molecular formula is C67H42N2S. The summed E-state index contributed by atoms with van der Waals surface area (Å²) in [6, 6.07) is 94.8. The molecule has 0 saturated heterocycles. The number of aromatic nitrogens is 1. The molecule has 13 aromatic rings. The van der Waals surface area contributed by atoms with E-state index < -0.39 is 5.41 Å². The zero-order chi connectivity index (χ0) is 45.9. The molecule has 2 aromatic heterocycles. The van der Waals surface area contributed by atoms with Crippen molar-refractivity contribution in [1.82, 2.24) is 4.57 Å². The molecule has 0 amide bonds. The molecular weight excluding hydrogens is 865 g/mol. The third-order valence-electron chi connectivity index (χ3n) is 15.2. The molecule has 1 unspecified atom stereocenters. The summed E-state index contributed by atoms with van der Waals surface area (Å²) in [5.74, 6) is 0. The molecule has 0 fully saturated rings. The highest BCUT2D eigenvalue weighted by molar-refractivity contribution is 7.26. The van der Waals surface area contributed by atoms with E-state index in [0.29, 0.717) is 0 Å². The lowest BCUT2D eigenvalue weighted by Gasteiger charge is -2.39. The summed E-state index contributed by atoms with van der Waals surface area (Å²) in [4.78, 5) is 2.42. The number of hydrogen-bond acceptors (Lipinski definition) is 2. The number of para-hydroxylation sites is 3. The van der Waals surface area contributed by atoms with Gasteiger partial charge < -0.3 is 9.47 Å². The number of rotatable bonds is 6. The largest absolute Gasteiger partial charge is 0.310 e. The highest BCUT2D eigenvalue weighted by Crippen LogP contribution is 2.61. The average Bonchev–Trinajstić information content (AvgIpc) is 4.09. The Morgan fingerprint density at radius 3 is 1.74 bits per heavy atom. The average molecular weight is 907 g/mol. The van der Waals surface area contributed by atoms with Crippen molar-refractivity contribution in [1.29, 1.82) is 0 Å². The quantitative estimate of drug-likeness (QED) is 0.161. The third-order valence-corrected chi connectivity index (χ3v) is 16.4. The van der Waals surface area contributed by atoms with Gasteiger partial charge in [0.25, 0.3) is 0 Å². The van der Waals surface area contributed by atoms with E-state index in [0.717, 1.165) is 17.1 Å². The summed E-state index contributed by atoms with van der Waals surface area (Å²) in [7, 11) is 0. The van der Waals surface area contributed by atoms with Gasteiger partial charge in [-0.3, -0.25) is 0 Å². The van der Waals surface area contributed by atoms with Gasteiger partial charge in [0.1, 0.15) is 0 Å². The molecule has 0 N–H and O–H groups in total. The van der Waals surface area contributed by atoms with E-state index in [4.69, 9.17) is 0 Å². The first kappa shape index (κ1) is 39.3. The second-order valence-electron chi connectivity index (χ2n) is 18.8. The Morgan fingerprint density at radius 2 is 0.900 bits per heavy atom. The van der Waals surface area contributed by atoms with Crippen molar-refractivity contribution < 1.29 is 0 Å². The molecule has 1 aliphatic heterocycles. The van der Waals surface area contributed by atoms with Gasteiger partial charge >= 0.3 is 0 Å². The molecule has 1 aliphatic carbocycles. The predicted molar refractivity (Wildman–Crippen MR) is 296 cm³/mol. The van der Waals surface area contributed by atoms with E-state index in [1.807, 2.05) is 11.3 Å². The van der Waals surface area contributed by atoms with Crippen LogP contribution < -0.4 is 4.90 Å². The molecule has 2 nitrogen and oxygen atoms in total. The minimum Gasteiger partial charge on any atom is -0.310 e. The van der Waals surface area contributed by atoms with E-state index >= 15 is 0 Å². The second-order valence-corrected chi connectivity index (χ2v) is 19.8. The second kappa shape index (κ2) is 15.1. The lowest BCUT2D eigenvalue weighted by molar-refractivity contribution is 0.749. The zero-order valence-corrected chi connectivity index (χ0v) is 38.9. The number of fused-ring (bicyclic) bond motifs is 15. The number of hydrogen-bond donors (Lipinski definition) is 0. The first-order valence-corrected chi connectivity index (χ1v) is 25.0. The van der Waals surface area contributed by atoms with Crippen LogP contribution in [0, 0.1) is 0 Å². The first-order chi connectivity index (χ1) is 34.7. The zero-order valence-electron chi connectivity index (χ0n) is 38.1. The van der Waals surface area contributed by atoms with Gasteiger partial charge in [-0.25, -0.2) is 0 Å². The molecule has 3 heteroatoms. The number of anilines is 3. The molecule has 15 rings (SSSR count). The fraction of sp³-hybridized carbons (Fsp3) is 0.0149. The summed E-state index contributed by atoms with van der Waals surface area (Å²) in [6.45, 7) is 0. The van der Waals surface area contributed by atoms with Gasteiger partial charge in [0.15, 0.2) is 0 Å². The Kier molecular flexibility index (Phi) is 8.48. The van der Waals surface area contributed by atoms with Gasteiger partial charge in [-0.15, -0.1) is 11.3 Å². The van der Waals surface area contributed by atoms with Crippen molar-refractivity contribution in [3.63, 3.8) is 0 Å². The standard InChI is InChI=1S/C67H42N2S/c1-2-16-43(17-3-1)45-18-12-20-49(40-45)68(48-37-34-44(35-38-48)51-25-14-27-57-55-24-6-11-33-64(55)70-66(51)57)50-21-13-19-46(41-50)47-36-39-53-52-22-4-7-28-58(52)67(61(53)42-47)59-29-8-10-32-63(59)69-62-31-9-5-23-54(62)56-26-15-30-60(67)65(56)69/h1-42H. The summed E-state index contributed by atoms with van der Waals surface area (Å²) >= 11 is 1.88. The lowest BCUT2D eigenvalue weighted by atomic mass is 9.65. The van der Waals surface area contributed by atoms with Crippen LogP contribution in [0.1, 0.15) is 22.3 Å². The smallest absolute Gasteiger partial charge is 0.0754 e. The summed E-state index contributed by atoms with van der Waals surface area (Å²) in [5, 5.41) is 5.20. The van der Waals surface area contributed by atoms with Crippen LogP contribution in [0.15, 0.2) is 255 Å². The first-order valence-electron chi connectivity index (χ1n) is 24.2. The Bertz CT molecular complexity index is 4250. The lowest BCUT2D eigenvalue weighted by Crippen LogP contribution is -2.33. The van der Waals surface area contributed by atoms with Crippen molar-refractivity contribution >= 4 is 70.4 Å². The maximum atomic E-state index is 2.52. The van der Waals surface area contributed by atoms with Crippen molar-refractivity contribution in [2.45, 2.75) is 5.41 Å². The van der Waals surface area contributed by atoms with Gasteiger partial charge in [-0.2, -0.15) is 0 Å². The Morgan fingerprint density at radius 1 is 0.329 bits per heavy atom. The van der Waals surface area contributed by atoms with Crippen LogP contribution in [0.25, 0.3) is 92.2 Å². The van der Waals surface area contributed by atoms with E-state index in [-0.39, 0.29) is 0 Å². The van der Waals surface area contributed by atoms with Crippen molar-refractivity contribution in [2.24, 2.45) is 0 Å². The van der Waals surface area contributed by atoms with Crippen LogP contribution >= 0.6 is 11.3 Å². The Hall–Kier alpha value is -8.76. The van der Waals surface area contributed by atoms with Gasteiger partial charge in [-0.1, -0.05) is 194 Å². The van der Waals surface area contributed by atoms with Crippen molar-refractivity contribution in [3.8, 4) is 50.2 Å². The fourth-order valence-electron chi connectivity index (χ4n) is 12.2. The van der Waals surface area contributed by atoms with Crippen LogP contribution in [0.5, 0.6) is 0 Å². The molecule has 0 radical (unpaired) electrons. The normalized spacial score (nSPS) is 14.3. The van der Waals surface area contributed by atoms with Crippen LogP contribution in [0.2, 0.25) is 0 Å². The number of benzene rings is 11. The minimum atomic E-state index is -0.522. The van der Waals surface area contributed by atoms with Crippen LogP contribution in [-0.4, -0.2) is 4.57 Å². The van der Waals surface area contributed by atoms with Gasteiger partial charge in [0.05, 0.1) is 22.1 Å². The van der Waals surface area contributed by atoms with Crippen LogP contribution in [-0.2, 0) is 5.41 Å². The summed E-state index contributed by atoms with van der Waals surface area (Å²) in [6.07, 6.45) is 0. The number of nitrogens with zero attached hydrogens (tertiary/aromatic N) is 2. The molecule has 11 aromatic carbocycles. The Balaban J connectivity index is 0.904. The summed E-state index contributed by atoms with van der Waals surface area (Å²) < 4.78 is 5.16. The molecule has 0 saturated carbocycles. The van der Waals surface area contributed by atoms with Crippen molar-refractivity contribution in [3.05, 3.63) is 277 Å². The minimum absolute atomic E-state index is 0.522. The fourth-order valence-corrected chi connectivity index (χ4v) is 13.5. The molecule has 1 spiro atoms. The summed E-state index contributed by atoms with van der Waals surface area (Å²) in [5.41, 5.74) is 21.6. The molecule has 70 heavy (non-hydrogen) atoms. The van der Waals surface area contributed by atoms with E-state index in [2.05, 4.69) is 264 Å². The monoisotopic (exact) mass is 906 g/mol.